The predicted molar refractivity (Wildman–Crippen MR) is 92.4 cm³/mol. The zero-order chi connectivity index (χ0) is 20.4. The smallest absolute Gasteiger partial charge is 0.416 e. The number of nitrogens with zero attached hydrogens (tertiary/aromatic N) is 1. The first-order chi connectivity index (χ1) is 13.2. The molecular weight excluding hydrogens is 399 g/mol. The van der Waals surface area contributed by atoms with Crippen LogP contribution in [0.5, 0.6) is 5.75 Å². The van der Waals surface area contributed by atoms with E-state index in [1.54, 1.807) is 0 Å². The molecule has 1 saturated heterocycles. The van der Waals surface area contributed by atoms with Gasteiger partial charge >= 0.3 is 12.1 Å². The summed E-state index contributed by atoms with van der Waals surface area (Å²) in [5.41, 5.74) is -0.931. The summed E-state index contributed by atoms with van der Waals surface area (Å²) < 4.78 is 74.3. The minimum Gasteiger partial charge on any atom is -0.423 e. The van der Waals surface area contributed by atoms with Crippen LogP contribution in [0.3, 0.4) is 0 Å². The monoisotopic (exact) mass is 415 g/mol. The van der Waals surface area contributed by atoms with Gasteiger partial charge in [0.25, 0.3) is 0 Å². The number of carbonyl (C=O) groups excluding carboxylic acids is 1. The topological polar surface area (TPSA) is 72.9 Å². The summed E-state index contributed by atoms with van der Waals surface area (Å²) in [4.78, 5) is 12.1. The van der Waals surface area contributed by atoms with E-state index in [-0.39, 0.29) is 29.3 Å². The van der Waals surface area contributed by atoms with Gasteiger partial charge in [-0.1, -0.05) is 0 Å². The molecule has 10 heteroatoms. The first kappa shape index (κ1) is 20.3. The van der Waals surface area contributed by atoms with Crippen molar-refractivity contribution in [2.75, 3.05) is 26.3 Å². The Morgan fingerprint density at radius 1 is 0.964 bits per heavy atom. The molecule has 0 bridgehead atoms. The number of benzene rings is 2. The van der Waals surface area contributed by atoms with Crippen molar-refractivity contribution in [2.45, 2.75) is 11.1 Å². The molecule has 1 aliphatic rings. The summed E-state index contributed by atoms with van der Waals surface area (Å²) >= 11 is 0. The number of alkyl halides is 3. The highest BCUT2D eigenvalue weighted by atomic mass is 32.2. The number of hydrogen-bond donors (Lipinski definition) is 0. The summed E-state index contributed by atoms with van der Waals surface area (Å²) in [6, 6.07) is 8.85. The van der Waals surface area contributed by atoms with Crippen LogP contribution in [0, 0.1) is 0 Å². The highest BCUT2D eigenvalue weighted by molar-refractivity contribution is 7.89. The normalized spacial score (nSPS) is 16.0. The highest BCUT2D eigenvalue weighted by Crippen LogP contribution is 2.29. The quantitative estimate of drug-likeness (QED) is 0.567. The van der Waals surface area contributed by atoms with E-state index in [2.05, 4.69) is 0 Å². The molecule has 0 spiro atoms. The minimum absolute atomic E-state index is 0.0451. The van der Waals surface area contributed by atoms with Gasteiger partial charge in [0.15, 0.2) is 0 Å². The van der Waals surface area contributed by atoms with Crippen LogP contribution in [0.4, 0.5) is 13.2 Å². The van der Waals surface area contributed by atoms with Crippen molar-refractivity contribution in [1.29, 1.82) is 0 Å². The molecular formula is C18H16F3NO5S. The molecule has 0 N–H and O–H groups in total. The lowest BCUT2D eigenvalue weighted by Gasteiger charge is -2.26. The molecule has 1 heterocycles. The molecule has 0 saturated carbocycles. The molecule has 0 aliphatic carbocycles. The molecule has 3 rings (SSSR count). The maximum atomic E-state index is 12.6. The summed E-state index contributed by atoms with van der Waals surface area (Å²) in [5.74, 6) is -0.775. The first-order valence-corrected chi connectivity index (χ1v) is 9.69. The van der Waals surface area contributed by atoms with Gasteiger partial charge in [-0.15, -0.1) is 0 Å². The summed E-state index contributed by atoms with van der Waals surface area (Å²) in [5, 5.41) is 0. The van der Waals surface area contributed by atoms with Crippen LogP contribution in [0.1, 0.15) is 15.9 Å². The molecule has 28 heavy (non-hydrogen) atoms. The second-order valence-electron chi connectivity index (χ2n) is 5.95. The van der Waals surface area contributed by atoms with Gasteiger partial charge in [-0.2, -0.15) is 17.5 Å². The van der Waals surface area contributed by atoms with Crippen LogP contribution in [-0.2, 0) is 20.9 Å². The molecule has 0 radical (unpaired) electrons. The largest absolute Gasteiger partial charge is 0.423 e. The zero-order valence-corrected chi connectivity index (χ0v) is 15.3. The van der Waals surface area contributed by atoms with Crippen molar-refractivity contribution < 1.29 is 35.9 Å². The molecule has 150 valence electrons. The van der Waals surface area contributed by atoms with Gasteiger partial charge in [0.2, 0.25) is 10.0 Å². The zero-order valence-electron chi connectivity index (χ0n) is 14.5. The SMILES string of the molecule is O=C(Oc1ccc(S(=O)(=O)N2CCOCC2)cc1)c1ccc(C(F)(F)F)cc1. The highest BCUT2D eigenvalue weighted by Gasteiger charge is 2.30. The van der Waals surface area contributed by atoms with Crippen LogP contribution in [0.25, 0.3) is 0 Å². The van der Waals surface area contributed by atoms with Crippen molar-refractivity contribution in [1.82, 2.24) is 4.31 Å². The van der Waals surface area contributed by atoms with Crippen molar-refractivity contribution in [3.05, 3.63) is 59.7 Å². The standard InChI is InChI=1S/C18H16F3NO5S/c19-18(20,21)14-3-1-13(2-4-14)17(23)27-15-5-7-16(8-6-15)28(24,25)22-9-11-26-12-10-22/h1-8H,9-12H2. The van der Waals surface area contributed by atoms with Crippen molar-refractivity contribution in [3.8, 4) is 5.75 Å². The van der Waals surface area contributed by atoms with E-state index in [9.17, 15) is 26.4 Å². The van der Waals surface area contributed by atoms with E-state index < -0.39 is 27.7 Å². The Kier molecular flexibility index (Phi) is 5.73. The van der Waals surface area contributed by atoms with Gasteiger partial charge in [-0.25, -0.2) is 13.2 Å². The number of morpholine rings is 1. The van der Waals surface area contributed by atoms with Gasteiger partial charge in [0, 0.05) is 13.1 Å². The molecule has 2 aromatic carbocycles. The Bertz CT molecular complexity index is 935. The molecule has 1 aliphatic heterocycles. The third-order valence-electron chi connectivity index (χ3n) is 4.09. The van der Waals surface area contributed by atoms with E-state index in [0.717, 1.165) is 24.3 Å². The lowest BCUT2D eigenvalue weighted by molar-refractivity contribution is -0.137. The van der Waals surface area contributed by atoms with Gasteiger partial charge in [-0.3, -0.25) is 0 Å². The first-order valence-electron chi connectivity index (χ1n) is 8.25. The Labute approximate surface area is 159 Å². The molecule has 2 aromatic rings. The molecule has 0 aromatic heterocycles. The average molecular weight is 415 g/mol. The maximum absolute atomic E-state index is 12.6. The van der Waals surface area contributed by atoms with E-state index in [1.807, 2.05) is 0 Å². The van der Waals surface area contributed by atoms with E-state index in [4.69, 9.17) is 9.47 Å². The maximum Gasteiger partial charge on any atom is 0.416 e. The number of ether oxygens (including phenoxy) is 2. The number of halogens is 3. The number of sulfonamides is 1. The molecule has 0 amide bonds. The second-order valence-corrected chi connectivity index (χ2v) is 7.89. The van der Waals surface area contributed by atoms with Crippen LogP contribution in [0.15, 0.2) is 53.4 Å². The fraction of sp³-hybridized carbons (Fsp3) is 0.278. The van der Waals surface area contributed by atoms with Crippen LogP contribution < -0.4 is 4.74 Å². The summed E-state index contributed by atoms with van der Waals surface area (Å²) in [7, 11) is -3.67. The van der Waals surface area contributed by atoms with Crippen molar-refractivity contribution in [2.24, 2.45) is 0 Å². The Morgan fingerprint density at radius 2 is 1.54 bits per heavy atom. The lowest BCUT2D eigenvalue weighted by atomic mass is 10.1. The molecule has 0 atom stereocenters. The predicted octanol–water partition coefficient (Wildman–Crippen LogP) is 2.95. The summed E-state index contributed by atoms with van der Waals surface area (Å²) in [6.45, 7) is 1.16. The van der Waals surface area contributed by atoms with Crippen molar-refractivity contribution >= 4 is 16.0 Å². The fourth-order valence-electron chi connectivity index (χ4n) is 2.58. The number of carbonyl (C=O) groups is 1. The van der Waals surface area contributed by atoms with E-state index >= 15 is 0 Å². The van der Waals surface area contributed by atoms with E-state index in [0.29, 0.717) is 13.2 Å². The average Bonchev–Trinajstić information content (AvgIpc) is 2.68. The second kappa shape index (κ2) is 7.90. The summed E-state index contributed by atoms with van der Waals surface area (Å²) in [6.07, 6.45) is -4.50. The molecule has 6 nitrogen and oxygen atoms in total. The lowest BCUT2D eigenvalue weighted by Crippen LogP contribution is -2.40. The van der Waals surface area contributed by atoms with Gasteiger partial charge < -0.3 is 9.47 Å². The molecule has 0 unspecified atom stereocenters. The van der Waals surface area contributed by atoms with Crippen LogP contribution >= 0.6 is 0 Å². The van der Waals surface area contributed by atoms with Crippen LogP contribution in [-0.4, -0.2) is 45.0 Å². The van der Waals surface area contributed by atoms with E-state index in [1.165, 1.54) is 28.6 Å². The number of rotatable bonds is 4. The fourth-order valence-corrected chi connectivity index (χ4v) is 3.98. The van der Waals surface area contributed by atoms with Crippen molar-refractivity contribution in [3.63, 3.8) is 0 Å². The third kappa shape index (κ3) is 4.51. The molecule has 1 fully saturated rings. The van der Waals surface area contributed by atoms with Gasteiger partial charge in [0.1, 0.15) is 5.75 Å². The Morgan fingerprint density at radius 3 is 2.07 bits per heavy atom. The number of hydrogen-bond acceptors (Lipinski definition) is 5. The van der Waals surface area contributed by atoms with Crippen LogP contribution in [0.2, 0.25) is 0 Å². The Balaban J connectivity index is 1.69. The van der Waals surface area contributed by atoms with Gasteiger partial charge in [0.05, 0.1) is 29.2 Å². The minimum atomic E-state index is -4.50. The Hall–Kier alpha value is -2.43. The number of esters is 1. The van der Waals surface area contributed by atoms with Gasteiger partial charge in [-0.05, 0) is 48.5 Å². The third-order valence-corrected chi connectivity index (χ3v) is 6.00.